The van der Waals surface area contributed by atoms with Crippen LogP contribution in [0.1, 0.15) is 11.1 Å². The van der Waals surface area contributed by atoms with E-state index in [0.29, 0.717) is 5.69 Å². The van der Waals surface area contributed by atoms with E-state index in [1.54, 1.807) is 36.0 Å². The van der Waals surface area contributed by atoms with Crippen LogP contribution in [0.15, 0.2) is 47.4 Å². The molecule has 2 aromatic rings. The molecule has 2 N–H and O–H groups in total. The molecule has 3 nitrogen and oxygen atoms in total. The molecule has 102 valence electrons. The Labute approximate surface area is 122 Å². The summed E-state index contributed by atoms with van der Waals surface area (Å²) >= 11 is 1.59. The van der Waals surface area contributed by atoms with Gasteiger partial charge in [0.1, 0.15) is 5.75 Å². The van der Waals surface area contributed by atoms with Crippen LogP contribution in [0.5, 0.6) is 5.75 Å². The van der Waals surface area contributed by atoms with Crippen LogP contribution in [0.3, 0.4) is 0 Å². The zero-order valence-corrected chi connectivity index (χ0v) is 11.9. The number of aryl methyl sites for hydroxylation is 1. The molecule has 1 aliphatic heterocycles. The standard InChI is InChI=1S/C16H15NO2S/c1-10-6-7-11-9-15(20-14(11)8-10)16(19)17-12-4-2-3-5-13(12)18/h2-8,15,18H,9H2,1H3,(H,17,19)/t15-/m0/s1. The molecular weight excluding hydrogens is 270 g/mol. The predicted molar refractivity (Wildman–Crippen MR) is 81.3 cm³/mol. The second-order valence-corrected chi connectivity index (χ2v) is 6.17. The van der Waals surface area contributed by atoms with Gasteiger partial charge in [-0.15, -0.1) is 11.8 Å². The number of rotatable bonds is 2. The van der Waals surface area contributed by atoms with Gasteiger partial charge in [0.05, 0.1) is 10.9 Å². The number of amides is 1. The molecule has 1 amide bonds. The van der Waals surface area contributed by atoms with Crippen LogP contribution in [0, 0.1) is 6.92 Å². The van der Waals surface area contributed by atoms with Crippen molar-refractivity contribution >= 4 is 23.4 Å². The van der Waals surface area contributed by atoms with Crippen molar-refractivity contribution in [3.63, 3.8) is 0 Å². The number of phenolic OH excluding ortho intramolecular Hbond substituents is 1. The third-order valence-electron chi connectivity index (χ3n) is 3.35. The summed E-state index contributed by atoms with van der Waals surface area (Å²) in [5.74, 6) is 0.0301. The number of fused-ring (bicyclic) bond motifs is 1. The molecule has 4 heteroatoms. The van der Waals surface area contributed by atoms with Gasteiger partial charge in [-0.1, -0.05) is 29.8 Å². The Balaban J connectivity index is 1.73. The van der Waals surface area contributed by atoms with E-state index in [0.717, 1.165) is 6.42 Å². The minimum absolute atomic E-state index is 0.0645. The largest absolute Gasteiger partial charge is 0.506 e. The zero-order valence-electron chi connectivity index (χ0n) is 11.1. The van der Waals surface area contributed by atoms with E-state index in [1.807, 2.05) is 0 Å². The van der Waals surface area contributed by atoms with E-state index in [2.05, 4.69) is 30.4 Å². The van der Waals surface area contributed by atoms with E-state index >= 15 is 0 Å². The minimum Gasteiger partial charge on any atom is -0.506 e. The van der Waals surface area contributed by atoms with E-state index in [1.165, 1.54) is 16.0 Å². The van der Waals surface area contributed by atoms with Crippen molar-refractivity contribution in [2.75, 3.05) is 5.32 Å². The van der Waals surface area contributed by atoms with Crippen molar-refractivity contribution in [2.24, 2.45) is 0 Å². The minimum atomic E-state index is -0.133. The van der Waals surface area contributed by atoms with Crippen molar-refractivity contribution in [1.29, 1.82) is 0 Å². The molecule has 1 heterocycles. The molecule has 0 unspecified atom stereocenters. The first-order valence-corrected chi connectivity index (χ1v) is 7.36. The fraction of sp³-hybridized carbons (Fsp3) is 0.188. The molecular formula is C16H15NO2S. The van der Waals surface area contributed by atoms with Gasteiger partial charge in [-0.25, -0.2) is 0 Å². The van der Waals surface area contributed by atoms with Crippen LogP contribution in [-0.2, 0) is 11.2 Å². The number of thioether (sulfide) groups is 1. The molecule has 0 bridgehead atoms. The molecule has 0 saturated carbocycles. The van der Waals surface area contributed by atoms with Gasteiger partial charge < -0.3 is 10.4 Å². The van der Waals surface area contributed by atoms with Gasteiger partial charge in [0, 0.05) is 4.90 Å². The highest BCUT2D eigenvalue weighted by molar-refractivity contribution is 8.01. The second kappa shape index (κ2) is 5.21. The lowest BCUT2D eigenvalue weighted by molar-refractivity contribution is -0.115. The number of phenols is 1. The van der Waals surface area contributed by atoms with Crippen molar-refractivity contribution in [1.82, 2.24) is 0 Å². The average molecular weight is 285 g/mol. The lowest BCUT2D eigenvalue weighted by Gasteiger charge is -2.10. The Morgan fingerprint density at radius 3 is 2.90 bits per heavy atom. The normalized spacial score (nSPS) is 16.8. The van der Waals surface area contributed by atoms with Gasteiger partial charge in [0.2, 0.25) is 5.91 Å². The zero-order chi connectivity index (χ0) is 14.1. The number of aromatic hydroxyl groups is 1. The van der Waals surface area contributed by atoms with Crippen molar-refractivity contribution in [3.05, 3.63) is 53.6 Å². The Kier molecular flexibility index (Phi) is 3.40. The maximum atomic E-state index is 12.3. The molecule has 1 aliphatic rings. The number of benzene rings is 2. The monoisotopic (exact) mass is 285 g/mol. The number of anilines is 1. The van der Waals surface area contributed by atoms with E-state index in [4.69, 9.17) is 0 Å². The molecule has 20 heavy (non-hydrogen) atoms. The summed E-state index contributed by atoms with van der Waals surface area (Å²) in [6, 6.07) is 13.1. The highest BCUT2D eigenvalue weighted by Crippen LogP contribution is 2.38. The van der Waals surface area contributed by atoms with Gasteiger partial charge in [0.25, 0.3) is 0 Å². The number of carbonyl (C=O) groups is 1. The summed E-state index contributed by atoms with van der Waals surface area (Å²) in [7, 11) is 0. The van der Waals surface area contributed by atoms with Gasteiger partial charge in [-0.2, -0.15) is 0 Å². The van der Waals surface area contributed by atoms with Gasteiger partial charge >= 0.3 is 0 Å². The highest BCUT2D eigenvalue weighted by Gasteiger charge is 2.28. The first-order chi connectivity index (χ1) is 9.63. The van der Waals surface area contributed by atoms with Crippen LogP contribution in [-0.4, -0.2) is 16.3 Å². The van der Waals surface area contributed by atoms with Crippen molar-refractivity contribution in [3.8, 4) is 5.75 Å². The lowest BCUT2D eigenvalue weighted by atomic mass is 10.1. The van der Waals surface area contributed by atoms with E-state index < -0.39 is 0 Å². The topological polar surface area (TPSA) is 49.3 Å². The van der Waals surface area contributed by atoms with Gasteiger partial charge in [0.15, 0.2) is 0 Å². The third kappa shape index (κ3) is 2.51. The summed E-state index contributed by atoms with van der Waals surface area (Å²) < 4.78 is 0. The molecule has 2 aromatic carbocycles. The van der Waals surface area contributed by atoms with Crippen LogP contribution >= 0.6 is 11.8 Å². The van der Waals surface area contributed by atoms with Crippen LogP contribution in [0.25, 0.3) is 0 Å². The lowest BCUT2D eigenvalue weighted by Crippen LogP contribution is -2.24. The number of hydrogen-bond acceptors (Lipinski definition) is 3. The molecule has 1 atom stereocenters. The number of carbonyl (C=O) groups excluding carboxylic acids is 1. The molecule has 0 aromatic heterocycles. The molecule has 0 aliphatic carbocycles. The maximum Gasteiger partial charge on any atom is 0.238 e. The third-order valence-corrected chi connectivity index (χ3v) is 4.65. The number of nitrogens with one attached hydrogen (secondary N) is 1. The van der Waals surface area contributed by atoms with Crippen LogP contribution < -0.4 is 5.32 Å². The molecule has 3 rings (SSSR count). The smallest absolute Gasteiger partial charge is 0.238 e. The van der Waals surface area contributed by atoms with E-state index in [9.17, 15) is 9.90 Å². The number of para-hydroxylation sites is 2. The summed E-state index contributed by atoms with van der Waals surface area (Å²) in [4.78, 5) is 13.5. The summed E-state index contributed by atoms with van der Waals surface area (Å²) in [6.07, 6.45) is 0.736. The first kappa shape index (κ1) is 13.1. The Hall–Kier alpha value is -1.94. The fourth-order valence-electron chi connectivity index (χ4n) is 2.27. The SMILES string of the molecule is Cc1ccc2c(c1)S[C@H](C(=O)Nc1ccccc1O)C2. The Morgan fingerprint density at radius 1 is 1.30 bits per heavy atom. The molecule has 0 fully saturated rings. The first-order valence-electron chi connectivity index (χ1n) is 6.48. The predicted octanol–water partition coefficient (Wildman–Crippen LogP) is 3.36. The summed E-state index contributed by atoms with van der Waals surface area (Å²) in [6.45, 7) is 2.05. The van der Waals surface area contributed by atoms with Crippen LogP contribution in [0.2, 0.25) is 0 Å². The Bertz CT molecular complexity index is 669. The summed E-state index contributed by atoms with van der Waals surface area (Å²) in [5.41, 5.74) is 2.89. The van der Waals surface area contributed by atoms with Crippen LogP contribution in [0.4, 0.5) is 5.69 Å². The highest BCUT2D eigenvalue weighted by atomic mass is 32.2. The average Bonchev–Trinajstić information content (AvgIpc) is 2.84. The van der Waals surface area contributed by atoms with Crippen molar-refractivity contribution < 1.29 is 9.90 Å². The van der Waals surface area contributed by atoms with Crippen molar-refractivity contribution in [2.45, 2.75) is 23.5 Å². The summed E-state index contributed by atoms with van der Waals surface area (Å²) in [5, 5.41) is 12.3. The molecule has 0 radical (unpaired) electrons. The van der Waals surface area contributed by atoms with E-state index in [-0.39, 0.29) is 16.9 Å². The van der Waals surface area contributed by atoms with Gasteiger partial charge in [-0.05, 0) is 37.1 Å². The maximum absolute atomic E-state index is 12.3. The second-order valence-electron chi connectivity index (χ2n) is 4.93. The molecule has 0 saturated heterocycles. The Morgan fingerprint density at radius 2 is 2.10 bits per heavy atom. The molecule has 0 spiro atoms. The van der Waals surface area contributed by atoms with Gasteiger partial charge in [-0.3, -0.25) is 4.79 Å². The quantitative estimate of drug-likeness (QED) is 0.832. The number of hydrogen-bond donors (Lipinski definition) is 2. The fourth-order valence-corrected chi connectivity index (χ4v) is 3.57.